The molecule has 0 aromatic heterocycles. The van der Waals surface area contributed by atoms with E-state index in [1.165, 1.54) is 11.8 Å². The van der Waals surface area contributed by atoms with Crippen molar-refractivity contribution in [1.29, 1.82) is 0 Å². The Hall–Kier alpha value is 0.370. The summed E-state index contributed by atoms with van der Waals surface area (Å²) in [5, 5.41) is 0.286. The highest BCUT2D eigenvalue weighted by Crippen LogP contribution is 2.06. The molecule has 0 aliphatic heterocycles. The normalized spacial score (nSPS) is 9.56. The Bertz CT molecular complexity index is 83.1. The van der Waals surface area contributed by atoms with Gasteiger partial charge in [-0.15, -0.1) is 0 Å². The molecule has 54 valence electrons. The van der Waals surface area contributed by atoms with Crippen LogP contribution in [-0.2, 0) is 4.79 Å². The van der Waals surface area contributed by atoms with Gasteiger partial charge in [0, 0.05) is 0 Å². The van der Waals surface area contributed by atoms with E-state index >= 15 is 0 Å². The molecular weight excluding hydrogens is 152 g/mol. The Kier molecular flexibility index (Phi) is 6.76. The van der Waals surface area contributed by atoms with Gasteiger partial charge in [0.05, 0.1) is 5.75 Å². The van der Waals surface area contributed by atoms with Gasteiger partial charge in [-0.05, 0) is 18.4 Å². The van der Waals surface area contributed by atoms with Crippen LogP contribution in [0.4, 0.5) is 0 Å². The molecular formula is C6H12OS2. The summed E-state index contributed by atoms with van der Waals surface area (Å²) in [5.74, 6) is 1.78. The number of hydrogen-bond donors (Lipinski definition) is 0. The predicted molar refractivity (Wildman–Crippen MR) is 46.1 cm³/mol. The summed E-state index contributed by atoms with van der Waals surface area (Å²) in [5.41, 5.74) is 0. The van der Waals surface area contributed by atoms with Crippen LogP contribution < -0.4 is 0 Å². The minimum Gasteiger partial charge on any atom is -0.286 e. The van der Waals surface area contributed by atoms with Crippen LogP contribution in [0.1, 0.15) is 13.3 Å². The van der Waals surface area contributed by atoms with Crippen LogP contribution in [0, 0.1) is 0 Å². The van der Waals surface area contributed by atoms with Crippen molar-refractivity contribution in [2.45, 2.75) is 13.3 Å². The van der Waals surface area contributed by atoms with Crippen molar-refractivity contribution in [2.75, 3.05) is 17.8 Å². The van der Waals surface area contributed by atoms with Crippen molar-refractivity contribution in [1.82, 2.24) is 0 Å². The average molecular weight is 164 g/mol. The molecule has 0 heterocycles. The number of hydrogen-bond acceptors (Lipinski definition) is 3. The van der Waals surface area contributed by atoms with E-state index in [0.717, 1.165) is 12.2 Å². The molecule has 0 bridgehead atoms. The average Bonchev–Trinajstić information content (AvgIpc) is 1.89. The fourth-order valence-corrected chi connectivity index (χ4v) is 1.68. The third kappa shape index (κ3) is 6.25. The molecule has 0 aliphatic carbocycles. The number of carbonyl (C=O) groups is 1. The number of thioether (sulfide) groups is 2. The zero-order valence-electron chi connectivity index (χ0n) is 5.85. The highest BCUT2D eigenvalue weighted by molar-refractivity contribution is 8.15. The van der Waals surface area contributed by atoms with Crippen molar-refractivity contribution in [3.63, 3.8) is 0 Å². The Morgan fingerprint density at radius 3 is 2.67 bits per heavy atom. The maximum atomic E-state index is 10.6. The molecule has 0 fully saturated rings. The first-order valence-corrected chi connectivity index (χ1v) is 5.33. The van der Waals surface area contributed by atoms with Crippen molar-refractivity contribution < 1.29 is 4.79 Å². The first kappa shape index (κ1) is 9.37. The molecule has 0 saturated heterocycles. The number of carbonyl (C=O) groups excluding carboxylic acids is 1. The van der Waals surface area contributed by atoms with Gasteiger partial charge in [-0.3, -0.25) is 4.79 Å². The van der Waals surface area contributed by atoms with Crippen LogP contribution in [0.3, 0.4) is 0 Å². The molecule has 0 unspecified atom stereocenters. The summed E-state index contributed by atoms with van der Waals surface area (Å²) in [6, 6.07) is 0. The Labute approximate surface area is 65.0 Å². The Balaban J connectivity index is 2.97. The monoisotopic (exact) mass is 164 g/mol. The van der Waals surface area contributed by atoms with Crippen LogP contribution in [0.15, 0.2) is 0 Å². The van der Waals surface area contributed by atoms with Gasteiger partial charge in [-0.25, -0.2) is 0 Å². The summed E-state index contributed by atoms with van der Waals surface area (Å²) >= 11 is 3.03. The second-order valence-corrected chi connectivity index (χ2v) is 3.60. The molecule has 3 heteroatoms. The van der Waals surface area contributed by atoms with E-state index in [4.69, 9.17) is 0 Å². The van der Waals surface area contributed by atoms with E-state index in [0.29, 0.717) is 5.75 Å². The topological polar surface area (TPSA) is 17.1 Å². The molecule has 0 aliphatic rings. The zero-order valence-corrected chi connectivity index (χ0v) is 7.48. The zero-order chi connectivity index (χ0) is 7.11. The van der Waals surface area contributed by atoms with E-state index in [2.05, 4.69) is 6.92 Å². The second-order valence-electron chi connectivity index (χ2n) is 1.63. The lowest BCUT2D eigenvalue weighted by molar-refractivity contribution is -0.108. The molecule has 1 nitrogen and oxygen atoms in total. The minimum absolute atomic E-state index is 0.286. The van der Waals surface area contributed by atoms with Crippen LogP contribution in [0.2, 0.25) is 0 Å². The fraction of sp³-hybridized carbons (Fsp3) is 0.833. The Morgan fingerprint density at radius 2 is 2.22 bits per heavy atom. The maximum Gasteiger partial charge on any atom is 0.198 e. The van der Waals surface area contributed by atoms with E-state index in [1.54, 1.807) is 11.8 Å². The van der Waals surface area contributed by atoms with Crippen molar-refractivity contribution in [3.8, 4) is 0 Å². The second kappa shape index (κ2) is 6.49. The number of rotatable bonds is 4. The Morgan fingerprint density at radius 1 is 1.56 bits per heavy atom. The van der Waals surface area contributed by atoms with Crippen LogP contribution >= 0.6 is 23.5 Å². The maximum absolute atomic E-state index is 10.6. The van der Waals surface area contributed by atoms with Gasteiger partial charge in [0.15, 0.2) is 5.12 Å². The summed E-state index contributed by atoms with van der Waals surface area (Å²) in [6.07, 6.45) is 2.99. The van der Waals surface area contributed by atoms with Crippen molar-refractivity contribution >= 4 is 28.6 Å². The van der Waals surface area contributed by atoms with Gasteiger partial charge in [0.2, 0.25) is 0 Å². The molecule has 0 amide bonds. The third-order valence-corrected chi connectivity index (χ3v) is 2.74. The highest BCUT2D eigenvalue weighted by atomic mass is 32.2. The molecule has 0 N–H and O–H groups in total. The van der Waals surface area contributed by atoms with Crippen LogP contribution in [-0.4, -0.2) is 22.9 Å². The quantitative estimate of drug-likeness (QED) is 0.592. The van der Waals surface area contributed by atoms with E-state index < -0.39 is 0 Å². The lowest BCUT2D eigenvalue weighted by atomic mass is 10.6. The smallest absolute Gasteiger partial charge is 0.198 e. The van der Waals surface area contributed by atoms with Crippen LogP contribution in [0.25, 0.3) is 0 Å². The van der Waals surface area contributed by atoms with Gasteiger partial charge < -0.3 is 0 Å². The van der Waals surface area contributed by atoms with Crippen LogP contribution in [0.5, 0.6) is 0 Å². The first-order chi connectivity index (χ1) is 4.31. The van der Waals surface area contributed by atoms with E-state index in [9.17, 15) is 4.79 Å². The van der Waals surface area contributed by atoms with Crippen molar-refractivity contribution in [3.05, 3.63) is 0 Å². The molecule has 0 radical (unpaired) electrons. The molecule has 0 saturated carbocycles. The molecule has 0 aromatic carbocycles. The SMILES string of the molecule is CCCSCC(=O)SC. The van der Waals surface area contributed by atoms with Gasteiger partial charge in [0.1, 0.15) is 0 Å². The highest BCUT2D eigenvalue weighted by Gasteiger charge is 1.96. The van der Waals surface area contributed by atoms with Gasteiger partial charge in [-0.2, -0.15) is 11.8 Å². The third-order valence-electron chi connectivity index (χ3n) is 0.796. The molecule has 0 atom stereocenters. The fourth-order valence-electron chi connectivity index (χ4n) is 0.359. The van der Waals surface area contributed by atoms with Gasteiger partial charge in [0.25, 0.3) is 0 Å². The lowest BCUT2D eigenvalue weighted by Crippen LogP contribution is -1.93. The summed E-state index contributed by atoms with van der Waals surface area (Å²) < 4.78 is 0. The largest absolute Gasteiger partial charge is 0.286 e. The van der Waals surface area contributed by atoms with E-state index in [-0.39, 0.29) is 5.12 Å². The minimum atomic E-state index is 0.286. The van der Waals surface area contributed by atoms with E-state index in [1.807, 2.05) is 6.26 Å². The molecule has 9 heavy (non-hydrogen) atoms. The van der Waals surface area contributed by atoms with Gasteiger partial charge in [-0.1, -0.05) is 18.7 Å². The summed E-state index contributed by atoms with van der Waals surface area (Å²) in [4.78, 5) is 10.6. The predicted octanol–water partition coefficient (Wildman–Crippen LogP) is 2.02. The molecule has 0 rings (SSSR count). The standard InChI is InChI=1S/C6H12OS2/c1-3-4-9-5-6(7)8-2/h3-5H2,1-2H3. The first-order valence-electron chi connectivity index (χ1n) is 2.95. The van der Waals surface area contributed by atoms with Gasteiger partial charge >= 0.3 is 0 Å². The molecule has 0 spiro atoms. The summed E-state index contributed by atoms with van der Waals surface area (Å²) in [7, 11) is 0. The molecule has 0 aromatic rings. The van der Waals surface area contributed by atoms with Crippen molar-refractivity contribution in [2.24, 2.45) is 0 Å². The summed E-state index contributed by atoms with van der Waals surface area (Å²) in [6.45, 7) is 2.12. The lowest BCUT2D eigenvalue weighted by Gasteiger charge is -1.93.